The molecule has 21 heavy (non-hydrogen) atoms. The first-order chi connectivity index (χ1) is 10.1. The fourth-order valence-corrected chi connectivity index (χ4v) is 3.48. The van der Waals surface area contributed by atoms with Crippen molar-refractivity contribution in [2.45, 2.75) is 70.7 Å². The van der Waals surface area contributed by atoms with E-state index in [0.29, 0.717) is 18.8 Å². The zero-order valence-corrected chi connectivity index (χ0v) is 13.6. The summed E-state index contributed by atoms with van der Waals surface area (Å²) in [5.74, 6) is -0.134. The molecule has 1 N–H and O–H groups in total. The molecule has 1 aliphatic carbocycles. The molecule has 2 rings (SSSR count). The molecule has 5 nitrogen and oxygen atoms in total. The van der Waals surface area contributed by atoms with E-state index >= 15 is 0 Å². The lowest BCUT2D eigenvalue weighted by Crippen LogP contribution is -2.58. The molecule has 0 aromatic rings. The molecule has 1 saturated heterocycles. The second kappa shape index (κ2) is 8.11. The molecule has 3 atom stereocenters. The summed E-state index contributed by atoms with van der Waals surface area (Å²) in [4.78, 5) is 14.6. The van der Waals surface area contributed by atoms with E-state index in [-0.39, 0.29) is 18.1 Å². The SMILES string of the molecule is CCOC(=O)C(CN1CCOC2CCCCC21)NC(C)C. The number of nitrogens with zero attached hydrogens (tertiary/aromatic N) is 1. The maximum Gasteiger partial charge on any atom is 0.324 e. The van der Waals surface area contributed by atoms with Gasteiger partial charge in [0.2, 0.25) is 0 Å². The molecule has 0 aromatic carbocycles. The van der Waals surface area contributed by atoms with Gasteiger partial charge in [-0.15, -0.1) is 0 Å². The molecule has 3 unspecified atom stereocenters. The molecule has 5 heteroatoms. The first-order valence-corrected chi connectivity index (χ1v) is 8.40. The van der Waals surface area contributed by atoms with Gasteiger partial charge in [0.15, 0.2) is 0 Å². The number of esters is 1. The van der Waals surface area contributed by atoms with E-state index in [9.17, 15) is 4.79 Å². The quantitative estimate of drug-likeness (QED) is 0.754. The van der Waals surface area contributed by atoms with Gasteiger partial charge in [0, 0.05) is 25.2 Å². The average molecular weight is 298 g/mol. The maximum absolute atomic E-state index is 12.2. The fraction of sp³-hybridized carbons (Fsp3) is 0.938. The summed E-state index contributed by atoms with van der Waals surface area (Å²) in [5, 5.41) is 3.35. The minimum absolute atomic E-state index is 0.134. The van der Waals surface area contributed by atoms with Gasteiger partial charge in [-0.05, 0) is 19.8 Å². The highest BCUT2D eigenvalue weighted by molar-refractivity contribution is 5.76. The van der Waals surface area contributed by atoms with Crippen LogP contribution in [0.15, 0.2) is 0 Å². The molecule has 1 aliphatic heterocycles. The Hall–Kier alpha value is -0.650. The van der Waals surface area contributed by atoms with Gasteiger partial charge < -0.3 is 14.8 Å². The molecule has 1 saturated carbocycles. The van der Waals surface area contributed by atoms with Crippen molar-refractivity contribution in [3.05, 3.63) is 0 Å². The third-order valence-electron chi connectivity index (χ3n) is 4.37. The van der Waals surface area contributed by atoms with E-state index in [2.05, 4.69) is 24.1 Å². The number of rotatable bonds is 6. The van der Waals surface area contributed by atoms with Crippen molar-refractivity contribution in [2.24, 2.45) is 0 Å². The first-order valence-electron chi connectivity index (χ1n) is 8.40. The van der Waals surface area contributed by atoms with Gasteiger partial charge in [-0.2, -0.15) is 0 Å². The monoisotopic (exact) mass is 298 g/mol. The second-order valence-electron chi connectivity index (χ2n) is 6.38. The molecule has 0 spiro atoms. The Balaban J connectivity index is 1.98. The number of fused-ring (bicyclic) bond motifs is 1. The van der Waals surface area contributed by atoms with Gasteiger partial charge in [-0.1, -0.05) is 26.7 Å². The Bertz CT molecular complexity index is 333. The van der Waals surface area contributed by atoms with Crippen LogP contribution in [-0.4, -0.2) is 61.4 Å². The van der Waals surface area contributed by atoms with Crippen molar-refractivity contribution in [1.82, 2.24) is 10.2 Å². The summed E-state index contributed by atoms with van der Waals surface area (Å²) in [6.45, 7) is 8.83. The van der Waals surface area contributed by atoms with E-state index in [4.69, 9.17) is 9.47 Å². The second-order valence-corrected chi connectivity index (χ2v) is 6.38. The van der Waals surface area contributed by atoms with Crippen LogP contribution in [0.4, 0.5) is 0 Å². The summed E-state index contributed by atoms with van der Waals surface area (Å²) in [5.41, 5.74) is 0. The number of hydrogen-bond donors (Lipinski definition) is 1. The van der Waals surface area contributed by atoms with Crippen molar-refractivity contribution in [1.29, 1.82) is 0 Å². The average Bonchev–Trinajstić information content (AvgIpc) is 2.46. The van der Waals surface area contributed by atoms with Gasteiger partial charge in [-0.25, -0.2) is 0 Å². The van der Waals surface area contributed by atoms with Crippen LogP contribution in [0.2, 0.25) is 0 Å². The van der Waals surface area contributed by atoms with E-state index in [0.717, 1.165) is 26.1 Å². The lowest BCUT2D eigenvalue weighted by atomic mass is 9.90. The van der Waals surface area contributed by atoms with Crippen LogP contribution in [0.1, 0.15) is 46.5 Å². The standard InChI is InChI=1S/C16H30N2O3/c1-4-20-16(19)13(17-12(2)3)11-18-9-10-21-15-8-6-5-7-14(15)18/h12-15,17H,4-11H2,1-3H3. The Kier molecular flexibility index (Phi) is 6.45. The van der Waals surface area contributed by atoms with E-state index in [1.54, 1.807) is 0 Å². The number of carbonyl (C=O) groups is 1. The van der Waals surface area contributed by atoms with Gasteiger partial charge in [0.1, 0.15) is 6.04 Å². The van der Waals surface area contributed by atoms with Crippen LogP contribution >= 0.6 is 0 Å². The van der Waals surface area contributed by atoms with Crippen LogP contribution in [0.5, 0.6) is 0 Å². The molecule has 0 bridgehead atoms. The van der Waals surface area contributed by atoms with Gasteiger partial charge in [0.25, 0.3) is 0 Å². The Morgan fingerprint density at radius 2 is 2.14 bits per heavy atom. The molecular formula is C16H30N2O3. The lowest BCUT2D eigenvalue weighted by Gasteiger charge is -2.44. The Morgan fingerprint density at radius 1 is 1.38 bits per heavy atom. The van der Waals surface area contributed by atoms with Gasteiger partial charge in [-0.3, -0.25) is 9.69 Å². The summed E-state index contributed by atoms with van der Waals surface area (Å²) < 4.78 is 11.1. The predicted molar refractivity (Wildman–Crippen MR) is 82.3 cm³/mol. The van der Waals surface area contributed by atoms with Crippen LogP contribution in [0, 0.1) is 0 Å². The van der Waals surface area contributed by atoms with Crippen LogP contribution < -0.4 is 5.32 Å². The minimum Gasteiger partial charge on any atom is -0.465 e. The number of carbonyl (C=O) groups excluding carboxylic acids is 1. The molecule has 2 fully saturated rings. The number of nitrogens with one attached hydrogen (secondary N) is 1. The molecule has 0 aromatic heterocycles. The van der Waals surface area contributed by atoms with E-state index < -0.39 is 0 Å². The Morgan fingerprint density at radius 3 is 2.86 bits per heavy atom. The molecule has 1 heterocycles. The third-order valence-corrected chi connectivity index (χ3v) is 4.37. The summed E-state index contributed by atoms with van der Waals surface area (Å²) >= 11 is 0. The highest BCUT2D eigenvalue weighted by Crippen LogP contribution is 2.28. The molecular weight excluding hydrogens is 268 g/mol. The molecule has 2 aliphatic rings. The minimum atomic E-state index is -0.245. The van der Waals surface area contributed by atoms with Crippen LogP contribution in [-0.2, 0) is 14.3 Å². The van der Waals surface area contributed by atoms with Crippen molar-refractivity contribution in [3.63, 3.8) is 0 Å². The normalized spacial score (nSPS) is 28.2. The zero-order valence-electron chi connectivity index (χ0n) is 13.6. The topological polar surface area (TPSA) is 50.8 Å². The smallest absolute Gasteiger partial charge is 0.324 e. The van der Waals surface area contributed by atoms with Crippen molar-refractivity contribution in [3.8, 4) is 0 Å². The van der Waals surface area contributed by atoms with Crippen LogP contribution in [0.25, 0.3) is 0 Å². The third kappa shape index (κ3) is 4.66. The van der Waals surface area contributed by atoms with Gasteiger partial charge >= 0.3 is 5.97 Å². The summed E-state index contributed by atoms with van der Waals surface area (Å²) in [7, 11) is 0. The fourth-order valence-electron chi connectivity index (χ4n) is 3.48. The zero-order chi connectivity index (χ0) is 15.2. The Labute approximate surface area is 128 Å². The highest BCUT2D eigenvalue weighted by Gasteiger charge is 2.36. The first kappa shape index (κ1) is 16.7. The molecule has 0 radical (unpaired) electrons. The van der Waals surface area contributed by atoms with E-state index in [1.807, 2.05) is 6.92 Å². The maximum atomic E-state index is 12.2. The van der Waals surface area contributed by atoms with E-state index in [1.165, 1.54) is 19.3 Å². The molecule has 0 amide bonds. The largest absolute Gasteiger partial charge is 0.465 e. The highest BCUT2D eigenvalue weighted by atomic mass is 16.5. The summed E-state index contributed by atoms with van der Waals surface area (Å²) in [6, 6.07) is 0.492. The van der Waals surface area contributed by atoms with Crippen molar-refractivity contribution in [2.75, 3.05) is 26.3 Å². The van der Waals surface area contributed by atoms with Crippen molar-refractivity contribution >= 4 is 5.97 Å². The predicted octanol–water partition coefficient (Wildman–Crippen LogP) is 1.56. The number of ether oxygens (including phenoxy) is 2. The van der Waals surface area contributed by atoms with Crippen molar-refractivity contribution < 1.29 is 14.3 Å². The number of morpholine rings is 1. The lowest BCUT2D eigenvalue weighted by molar-refractivity contribution is -0.148. The van der Waals surface area contributed by atoms with Crippen LogP contribution in [0.3, 0.4) is 0 Å². The molecule has 122 valence electrons. The number of hydrogen-bond acceptors (Lipinski definition) is 5. The van der Waals surface area contributed by atoms with Gasteiger partial charge in [0.05, 0.1) is 19.3 Å². The summed E-state index contributed by atoms with van der Waals surface area (Å²) in [6.07, 6.45) is 5.22.